The number of likely N-dealkylation sites (tertiary alicyclic amines) is 1. The average Bonchev–Trinajstić information content (AvgIpc) is 3.25. The summed E-state index contributed by atoms with van der Waals surface area (Å²) in [6.45, 7) is 3.25. The highest BCUT2D eigenvalue weighted by Crippen LogP contribution is 2.43. The third-order valence-electron chi connectivity index (χ3n) is 8.20. The molecule has 3 atom stereocenters. The Morgan fingerprint density at radius 2 is 1.48 bits per heavy atom. The predicted molar refractivity (Wildman–Crippen MR) is 143 cm³/mol. The van der Waals surface area contributed by atoms with Gasteiger partial charge in [0.2, 0.25) is 0 Å². The number of methoxy groups -OCH3 is 1. The van der Waals surface area contributed by atoms with E-state index in [1.165, 1.54) is 25.0 Å². The molecular formula is C30H31F9N2O5. The van der Waals surface area contributed by atoms with Crippen LogP contribution in [-0.4, -0.2) is 54.8 Å². The number of carbonyl (C=O) groups is 2. The van der Waals surface area contributed by atoms with Crippen LogP contribution in [0.1, 0.15) is 72.3 Å². The topological polar surface area (TPSA) is 68.3 Å². The molecule has 7 nitrogen and oxygen atoms in total. The fourth-order valence-electron chi connectivity index (χ4n) is 5.86. The fraction of sp³-hybridized carbons (Fsp3) is 0.533. The first-order valence-corrected chi connectivity index (χ1v) is 14.3. The molecule has 2 heterocycles. The summed E-state index contributed by atoms with van der Waals surface area (Å²) in [6.07, 6.45) is -18.2. The van der Waals surface area contributed by atoms with E-state index in [1.807, 2.05) is 0 Å². The molecule has 0 saturated carbocycles. The van der Waals surface area contributed by atoms with Crippen molar-refractivity contribution in [3.8, 4) is 0 Å². The average molecular weight is 671 g/mol. The number of rotatable bonds is 7. The van der Waals surface area contributed by atoms with E-state index in [1.54, 1.807) is 6.92 Å². The van der Waals surface area contributed by atoms with Crippen molar-refractivity contribution in [2.75, 3.05) is 26.8 Å². The molecule has 4 rings (SSSR count). The lowest BCUT2D eigenvalue weighted by Crippen LogP contribution is -2.40. The minimum absolute atomic E-state index is 0.000954. The van der Waals surface area contributed by atoms with Gasteiger partial charge in [-0.25, -0.2) is 9.59 Å². The lowest BCUT2D eigenvalue weighted by Gasteiger charge is -2.36. The fourth-order valence-corrected chi connectivity index (χ4v) is 5.86. The Bertz CT molecular complexity index is 1390. The van der Waals surface area contributed by atoms with E-state index in [0.29, 0.717) is 43.6 Å². The van der Waals surface area contributed by atoms with Crippen LogP contribution in [0.25, 0.3) is 0 Å². The van der Waals surface area contributed by atoms with Gasteiger partial charge < -0.3 is 19.1 Å². The van der Waals surface area contributed by atoms with Crippen molar-refractivity contribution in [1.82, 2.24) is 9.80 Å². The lowest BCUT2D eigenvalue weighted by molar-refractivity contribution is -0.143. The first-order chi connectivity index (χ1) is 21.3. The van der Waals surface area contributed by atoms with E-state index in [0.717, 1.165) is 17.0 Å². The van der Waals surface area contributed by atoms with Crippen molar-refractivity contribution in [2.45, 2.75) is 70.0 Å². The molecule has 0 bridgehead atoms. The van der Waals surface area contributed by atoms with Gasteiger partial charge in [0.15, 0.2) is 0 Å². The van der Waals surface area contributed by atoms with Gasteiger partial charge in [0.1, 0.15) is 6.10 Å². The molecule has 0 aliphatic carbocycles. The Hall–Kier alpha value is -3.69. The SMILES string of the molecule is CCOC(=O)N1CCC(C(OC)c2ccc(C(F)(F)F)cc2CN2C(=O)O[C@H](c3cc(C(F)(F)F)cc(C(F)(F)F)c3)[C@@H]2C)CC1. The number of cyclic esters (lactones) is 1. The maximum absolute atomic E-state index is 13.8. The predicted octanol–water partition coefficient (Wildman–Crippen LogP) is 8.38. The van der Waals surface area contributed by atoms with Crippen LogP contribution < -0.4 is 0 Å². The Balaban J connectivity index is 1.66. The molecule has 0 spiro atoms. The highest BCUT2D eigenvalue weighted by molar-refractivity contribution is 5.71. The quantitative estimate of drug-likeness (QED) is 0.277. The monoisotopic (exact) mass is 670 g/mol. The van der Waals surface area contributed by atoms with E-state index in [4.69, 9.17) is 14.2 Å². The van der Waals surface area contributed by atoms with Gasteiger partial charge in [-0.1, -0.05) is 6.07 Å². The first kappa shape index (κ1) is 35.2. The number of ether oxygens (including phenoxy) is 3. The molecule has 16 heteroatoms. The van der Waals surface area contributed by atoms with Gasteiger partial charge in [-0.05, 0) is 79.6 Å². The maximum atomic E-state index is 13.8. The zero-order chi connectivity index (χ0) is 34.2. The number of carbonyl (C=O) groups excluding carboxylic acids is 2. The summed E-state index contributed by atoms with van der Waals surface area (Å²) in [5, 5.41) is 0. The van der Waals surface area contributed by atoms with Gasteiger partial charge in [-0.15, -0.1) is 0 Å². The van der Waals surface area contributed by atoms with E-state index in [2.05, 4.69) is 0 Å². The van der Waals surface area contributed by atoms with Crippen LogP contribution in [0.4, 0.5) is 49.1 Å². The van der Waals surface area contributed by atoms with Gasteiger partial charge >= 0.3 is 30.7 Å². The van der Waals surface area contributed by atoms with Crippen molar-refractivity contribution in [2.24, 2.45) is 5.92 Å². The summed E-state index contributed by atoms with van der Waals surface area (Å²) in [4.78, 5) is 27.6. The number of piperidine rings is 1. The third kappa shape index (κ3) is 7.64. The number of nitrogens with zero attached hydrogens (tertiary/aromatic N) is 2. The second-order valence-corrected chi connectivity index (χ2v) is 11.1. The smallest absolute Gasteiger partial charge is 0.416 e. The minimum Gasteiger partial charge on any atom is -0.450 e. The second-order valence-electron chi connectivity index (χ2n) is 11.1. The molecule has 2 aliphatic heterocycles. The molecule has 2 fully saturated rings. The molecule has 0 aromatic heterocycles. The van der Waals surface area contributed by atoms with Crippen LogP contribution in [0.5, 0.6) is 0 Å². The van der Waals surface area contributed by atoms with Crippen molar-refractivity contribution in [1.29, 1.82) is 0 Å². The lowest BCUT2D eigenvalue weighted by atomic mass is 9.84. The van der Waals surface area contributed by atoms with E-state index < -0.39 is 77.8 Å². The highest BCUT2D eigenvalue weighted by Gasteiger charge is 2.44. The molecule has 2 saturated heterocycles. The van der Waals surface area contributed by atoms with Gasteiger partial charge in [-0.2, -0.15) is 39.5 Å². The second kappa shape index (κ2) is 13.2. The minimum atomic E-state index is -5.14. The number of hydrogen-bond donors (Lipinski definition) is 0. The Kier molecular flexibility index (Phi) is 10.1. The number of amides is 2. The van der Waals surface area contributed by atoms with Crippen molar-refractivity contribution in [3.63, 3.8) is 0 Å². The number of halogens is 9. The molecular weight excluding hydrogens is 639 g/mol. The maximum Gasteiger partial charge on any atom is 0.416 e. The van der Waals surface area contributed by atoms with E-state index >= 15 is 0 Å². The summed E-state index contributed by atoms with van der Waals surface area (Å²) < 4.78 is 138. The molecule has 2 aliphatic rings. The third-order valence-corrected chi connectivity index (χ3v) is 8.20. The number of benzene rings is 2. The van der Waals surface area contributed by atoms with Gasteiger partial charge in [0, 0.05) is 26.7 Å². The summed E-state index contributed by atoms with van der Waals surface area (Å²) in [5.41, 5.74) is -4.52. The Morgan fingerprint density at radius 1 is 0.913 bits per heavy atom. The largest absolute Gasteiger partial charge is 0.450 e. The van der Waals surface area contributed by atoms with Crippen molar-refractivity contribution in [3.05, 3.63) is 69.8 Å². The van der Waals surface area contributed by atoms with Crippen LogP contribution in [0, 0.1) is 5.92 Å². The molecule has 0 N–H and O–H groups in total. The van der Waals surface area contributed by atoms with E-state index in [-0.39, 0.29) is 24.2 Å². The molecule has 46 heavy (non-hydrogen) atoms. The van der Waals surface area contributed by atoms with Gasteiger partial charge in [0.25, 0.3) is 0 Å². The van der Waals surface area contributed by atoms with Crippen LogP contribution in [0.15, 0.2) is 36.4 Å². The molecule has 254 valence electrons. The summed E-state index contributed by atoms with van der Waals surface area (Å²) >= 11 is 0. The van der Waals surface area contributed by atoms with Gasteiger partial charge in [0.05, 0.1) is 35.4 Å². The zero-order valence-corrected chi connectivity index (χ0v) is 24.9. The zero-order valence-electron chi connectivity index (χ0n) is 24.9. The first-order valence-electron chi connectivity index (χ1n) is 14.3. The molecule has 0 radical (unpaired) electrons. The Labute approximate surface area is 258 Å². The van der Waals surface area contributed by atoms with Crippen LogP contribution in [0.2, 0.25) is 0 Å². The molecule has 2 aromatic rings. The summed E-state index contributed by atoms with van der Waals surface area (Å²) in [7, 11) is 1.36. The van der Waals surface area contributed by atoms with Gasteiger partial charge in [-0.3, -0.25) is 4.90 Å². The molecule has 2 amide bonds. The molecule has 2 aromatic carbocycles. The van der Waals surface area contributed by atoms with E-state index in [9.17, 15) is 49.1 Å². The van der Waals surface area contributed by atoms with Crippen LogP contribution in [-0.2, 0) is 39.3 Å². The van der Waals surface area contributed by atoms with Crippen molar-refractivity contribution < 1.29 is 63.3 Å². The van der Waals surface area contributed by atoms with Crippen LogP contribution in [0.3, 0.4) is 0 Å². The standard InChI is InChI=1S/C30H31F9N2O5/c1-4-45-26(42)40-9-7-17(8-10-40)25(44-3)23-6-5-20(28(31,32)33)13-19(23)15-41-16(2)24(46-27(41)43)18-11-21(29(34,35)36)14-22(12-18)30(37,38)39/h5-6,11-14,16-17,24-25H,4,7-10,15H2,1-3H3/t16-,24-,25?/m0/s1. The van der Waals surface area contributed by atoms with Crippen molar-refractivity contribution >= 4 is 12.2 Å². The van der Waals surface area contributed by atoms with Crippen LogP contribution >= 0.6 is 0 Å². The number of alkyl halides is 9. The molecule has 1 unspecified atom stereocenters. The normalized spacial score (nSPS) is 20.6. The summed E-state index contributed by atoms with van der Waals surface area (Å²) in [6, 6.07) is 2.57. The Morgan fingerprint density at radius 3 is 1.98 bits per heavy atom. The number of hydrogen-bond acceptors (Lipinski definition) is 5. The summed E-state index contributed by atoms with van der Waals surface area (Å²) in [5.74, 6) is -0.257. The highest BCUT2D eigenvalue weighted by atomic mass is 19.4.